The lowest BCUT2D eigenvalue weighted by Crippen LogP contribution is -2.13. The van der Waals surface area contributed by atoms with Gasteiger partial charge >= 0.3 is 0 Å². The number of anilines is 1. The van der Waals surface area contributed by atoms with Gasteiger partial charge in [0.05, 0.1) is 12.3 Å². The number of aromatic nitrogens is 1. The normalized spacial score (nSPS) is 10.3. The zero-order chi connectivity index (χ0) is 14.4. The summed E-state index contributed by atoms with van der Waals surface area (Å²) in [6.45, 7) is 2.99. The van der Waals surface area contributed by atoms with Gasteiger partial charge in [-0.2, -0.15) is 0 Å². The molecule has 106 valence electrons. The minimum absolute atomic E-state index is 0.256. The fraction of sp³-hybridized carbons (Fsp3) is 0.286. The van der Waals surface area contributed by atoms with Gasteiger partial charge in [-0.1, -0.05) is 19.1 Å². The average molecular weight is 291 g/mol. The van der Waals surface area contributed by atoms with E-state index in [1.165, 1.54) is 11.3 Å². The van der Waals surface area contributed by atoms with E-state index in [1.54, 1.807) is 11.4 Å². The second-order valence-corrected chi connectivity index (χ2v) is 5.07. The van der Waals surface area contributed by atoms with E-state index in [-0.39, 0.29) is 5.91 Å². The molecule has 0 aliphatic rings. The van der Waals surface area contributed by atoms with Crippen molar-refractivity contribution >= 4 is 22.9 Å². The molecular formula is C14H17N3O2S. The van der Waals surface area contributed by atoms with Gasteiger partial charge in [-0.25, -0.2) is 4.98 Å². The second kappa shape index (κ2) is 7.02. The lowest BCUT2D eigenvalue weighted by Gasteiger charge is -2.11. The topological polar surface area (TPSA) is 77.2 Å². The van der Waals surface area contributed by atoms with Crippen LogP contribution in [0.25, 0.3) is 0 Å². The molecule has 0 spiro atoms. The Kier molecular flexibility index (Phi) is 5.09. The Bertz CT molecular complexity index is 583. The molecule has 5 nitrogen and oxygen atoms in total. The number of ether oxygens (including phenoxy) is 1. The van der Waals surface area contributed by atoms with E-state index >= 15 is 0 Å². The summed E-state index contributed by atoms with van der Waals surface area (Å²) in [5, 5.41) is 5.26. The lowest BCUT2D eigenvalue weighted by atomic mass is 10.3. The maximum absolute atomic E-state index is 12.1. The zero-order valence-electron chi connectivity index (χ0n) is 11.3. The number of nitrogens with one attached hydrogen (secondary N) is 1. The first kappa shape index (κ1) is 14.5. The van der Waals surface area contributed by atoms with E-state index in [4.69, 9.17) is 10.5 Å². The van der Waals surface area contributed by atoms with E-state index in [1.807, 2.05) is 25.1 Å². The number of benzene rings is 1. The summed E-state index contributed by atoms with van der Waals surface area (Å²) in [6.07, 6.45) is 0.911. The van der Waals surface area contributed by atoms with Crippen LogP contribution in [-0.4, -0.2) is 17.5 Å². The minimum atomic E-state index is -0.256. The fourth-order valence-corrected chi connectivity index (χ4v) is 2.26. The first-order valence-corrected chi connectivity index (χ1v) is 7.30. The summed E-state index contributed by atoms with van der Waals surface area (Å²) in [4.78, 5) is 16.3. The van der Waals surface area contributed by atoms with Gasteiger partial charge < -0.3 is 15.8 Å². The van der Waals surface area contributed by atoms with Gasteiger partial charge in [0.1, 0.15) is 16.5 Å². The van der Waals surface area contributed by atoms with E-state index in [9.17, 15) is 4.79 Å². The molecule has 1 heterocycles. The molecule has 0 saturated heterocycles. The first-order valence-electron chi connectivity index (χ1n) is 6.42. The van der Waals surface area contributed by atoms with Crippen LogP contribution in [0.15, 0.2) is 29.6 Å². The molecule has 1 amide bonds. The van der Waals surface area contributed by atoms with Gasteiger partial charge in [-0.05, 0) is 18.6 Å². The number of amides is 1. The third-order valence-corrected chi connectivity index (χ3v) is 3.43. The minimum Gasteiger partial charge on any atom is -0.491 e. The quantitative estimate of drug-likeness (QED) is 0.857. The van der Waals surface area contributed by atoms with Crippen molar-refractivity contribution in [1.29, 1.82) is 0 Å². The van der Waals surface area contributed by atoms with Crippen molar-refractivity contribution in [2.75, 3.05) is 11.9 Å². The highest BCUT2D eigenvalue weighted by molar-refractivity contribution is 7.09. The predicted octanol–water partition coefficient (Wildman–Crippen LogP) is 2.64. The number of carbonyl (C=O) groups excluding carboxylic acids is 1. The highest BCUT2D eigenvalue weighted by Gasteiger charge is 2.12. The molecule has 0 fully saturated rings. The number of hydrogen-bond donors (Lipinski definition) is 2. The molecule has 3 N–H and O–H groups in total. The van der Waals surface area contributed by atoms with Crippen LogP contribution in [0.1, 0.15) is 28.8 Å². The van der Waals surface area contributed by atoms with Gasteiger partial charge in [-0.3, -0.25) is 4.79 Å². The molecule has 0 unspecified atom stereocenters. The van der Waals surface area contributed by atoms with Crippen LogP contribution in [0, 0.1) is 0 Å². The average Bonchev–Trinajstić information content (AvgIpc) is 2.95. The van der Waals surface area contributed by atoms with Crippen LogP contribution < -0.4 is 15.8 Å². The molecule has 1 aromatic carbocycles. The first-order chi connectivity index (χ1) is 9.74. The summed E-state index contributed by atoms with van der Waals surface area (Å²) in [5.74, 6) is 0.408. The molecule has 0 atom stereocenters. The Morgan fingerprint density at radius 3 is 2.95 bits per heavy atom. The predicted molar refractivity (Wildman–Crippen MR) is 80.2 cm³/mol. The van der Waals surface area contributed by atoms with Gasteiger partial charge in [0.15, 0.2) is 0 Å². The SMILES string of the molecule is CCCOc1ccccc1NC(=O)c1csc(CN)n1. The molecule has 0 saturated carbocycles. The highest BCUT2D eigenvalue weighted by Crippen LogP contribution is 2.24. The van der Waals surface area contributed by atoms with Gasteiger partial charge in [0.2, 0.25) is 0 Å². The number of nitrogens with zero attached hydrogens (tertiary/aromatic N) is 1. The van der Waals surface area contributed by atoms with Crippen molar-refractivity contribution in [2.45, 2.75) is 19.9 Å². The largest absolute Gasteiger partial charge is 0.491 e. The molecule has 20 heavy (non-hydrogen) atoms. The summed E-state index contributed by atoms with van der Waals surface area (Å²) in [6, 6.07) is 7.35. The third kappa shape index (κ3) is 3.55. The second-order valence-electron chi connectivity index (χ2n) is 4.13. The highest BCUT2D eigenvalue weighted by atomic mass is 32.1. The standard InChI is InChI=1S/C14H17N3O2S/c1-2-7-19-12-6-4-3-5-10(12)17-14(18)11-9-20-13(8-15)16-11/h3-6,9H,2,7-8,15H2,1H3,(H,17,18). The van der Waals surface area contributed by atoms with Gasteiger partial charge in [0.25, 0.3) is 5.91 Å². The molecule has 0 aliphatic carbocycles. The Balaban J connectivity index is 2.10. The Labute approximate surface area is 121 Å². The number of nitrogens with two attached hydrogens (primary N) is 1. The van der Waals surface area contributed by atoms with E-state index < -0.39 is 0 Å². The molecule has 2 rings (SSSR count). The zero-order valence-corrected chi connectivity index (χ0v) is 12.1. The van der Waals surface area contributed by atoms with Crippen molar-refractivity contribution in [3.8, 4) is 5.75 Å². The van der Waals surface area contributed by atoms with Crippen LogP contribution in [0.3, 0.4) is 0 Å². The van der Waals surface area contributed by atoms with Gasteiger partial charge in [-0.15, -0.1) is 11.3 Å². The van der Waals surface area contributed by atoms with Crippen molar-refractivity contribution in [1.82, 2.24) is 4.98 Å². The van der Waals surface area contributed by atoms with E-state index in [0.717, 1.165) is 11.4 Å². The number of hydrogen-bond acceptors (Lipinski definition) is 5. The number of para-hydroxylation sites is 2. The maximum Gasteiger partial charge on any atom is 0.275 e. The Hall–Kier alpha value is -1.92. The summed E-state index contributed by atoms with van der Waals surface area (Å²) < 4.78 is 5.60. The van der Waals surface area contributed by atoms with Crippen molar-refractivity contribution in [2.24, 2.45) is 5.73 Å². The molecule has 0 radical (unpaired) electrons. The lowest BCUT2D eigenvalue weighted by molar-refractivity contribution is 0.102. The van der Waals surface area contributed by atoms with Crippen molar-refractivity contribution in [3.05, 3.63) is 40.3 Å². The summed E-state index contributed by atoms with van der Waals surface area (Å²) in [5.41, 5.74) is 6.51. The monoisotopic (exact) mass is 291 g/mol. The number of carbonyl (C=O) groups is 1. The van der Waals surface area contributed by atoms with E-state index in [2.05, 4.69) is 10.3 Å². The van der Waals surface area contributed by atoms with Gasteiger partial charge in [0, 0.05) is 11.9 Å². The van der Waals surface area contributed by atoms with Crippen LogP contribution in [-0.2, 0) is 6.54 Å². The summed E-state index contributed by atoms with van der Waals surface area (Å²) >= 11 is 1.38. The maximum atomic E-state index is 12.1. The summed E-state index contributed by atoms with van der Waals surface area (Å²) in [7, 11) is 0. The smallest absolute Gasteiger partial charge is 0.275 e. The Morgan fingerprint density at radius 1 is 1.45 bits per heavy atom. The number of rotatable bonds is 6. The van der Waals surface area contributed by atoms with Crippen LogP contribution in [0.5, 0.6) is 5.75 Å². The fourth-order valence-electron chi connectivity index (χ4n) is 1.60. The number of thiazole rings is 1. The van der Waals surface area contributed by atoms with Crippen LogP contribution >= 0.6 is 11.3 Å². The molecule has 1 aromatic heterocycles. The molecular weight excluding hydrogens is 274 g/mol. The van der Waals surface area contributed by atoms with Crippen LogP contribution in [0.4, 0.5) is 5.69 Å². The molecule has 0 bridgehead atoms. The Morgan fingerprint density at radius 2 is 2.25 bits per heavy atom. The van der Waals surface area contributed by atoms with Crippen LogP contribution in [0.2, 0.25) is 0 Å². The van der Waals surface area contributed by atoms with Crippen molar-refractivity contribution < 1.29 is 9.53 Å². The third-order valence-electron chi connectivity index (χ3n) is 2.56. The van der Waals surface area contributed by atoms with E-state index in [0.29, 0.717) is 30.3 Å². The van der Waals surface area contributed by atoms with Crippen molar-refractivity contribution in [3.63, 3.8) is 0 Å². The molecule has 0 aliphatic heterocycles. The molecule has 2 aromatic rings. The molecule has 6 heteroatoms.